The summed E-state index contributed by atoms with van der Waals surface area (Å²) in [6.07, 6.45) is -0.801. The number of para-hydroxylation sites is 1. The molecule has 10 nitrogen and oxygen atoms in total. The van der Waals surface area contributed by atoms with Crippen molar-refractivity contribution in [2.24, 2.45) is 5.92 Å². The number of aliphatic hydroxyl groups excluding tert-OH is 1. The van der Waals surface area contributed by atoms with E-state index < -0.39 is 44.0 Å². The molecule has 3 aromatic rings. The number of fused-ring (bicyclic) bond motifs is 1. The highest BCUT2D eigenvalue weighted by Crippen LogP contribution is 2.36. The van der Waals surface area contributed by atoms with Crippen LogP contribution in [-0.4, -0.2) is 75.9 Å². The number of carbonyl (C=O) groups excluding carboxylic acids is 1. The maximum atomic E-state index is 13.7. The van der Waals surface area contributed by atoms with Gasteiger partial charge in [-0.2, -0.15) is 4.31 Å². The van der Waals surface area contributed by atoms with Crippen molar-refractivity contribution < 1.29 is 31.5 Å². The van der Waals surface area contributed by atoms with Gasteiger partial charge in [-0.25, -0.2) is 16.8 Å². The minimum atomic E-state index is -4.05. The van der Waals surface area contributed by atoms with Gasteiger partial charge in [-0.15, -0.1) is 0 Å². The Balaban J connectivity index is 1.76. The average molecular weight is 622 g/mol. The normalized spacial score (nSPS) is 18.7. The van der Waals surface area contributed by atoms with Crippen LogP contribution < -0.4 is 9.46 Å². The van der Waals surface area contributed by atoms with Crippen LogP contribution in [0.2, 0.25) is 5.02 Å². The minimum Gasteiger partial charge on any atom is -0.486 e. The molecular formula is C28H32ClN3O7S2. The standard InChI is InChI=1S/C28H32ClN3O7S2/c1-19-16-32(20(2)18-33)28(34)24-10-7-11-25(30-40(35,36)22-8-5-4-6-9-22)27(24)39-26(19)17-31(3)41(37,38)23-14-12-21(29)13-15-23/h4-15,19-20,26,30,33H,16-18H2,1-3H3/t19-,20-,26-/m0/s1. The summed E-state index contributed by atoms with van der Waals surface area (Å²) in [6, 6.07) is 17.5. The number of aliphatic hydroxyl groups is 1. The van der Waals surface area contributed by atoms with Gasteiger partial charge in [0.1, 0.15) is 6.10 Å². The SMILES string of the molecule is C[C@H]1CN([C@@H](C)CO)C(=O)c2cccc(NS(=O)(=O)c3ccccc3)c2O[C@H]1CN(C)S(=O)(=O)c1ccc(Cl)cc1. The van der Waals surface area contributed by atoms with Crippen molar-refractivity contribution in [3.05, 3.63) is 83.4 Å². The van der Waals surface area contributed by atoms with Gasteiger partial charge in [-0.3, -0.25) is 9.52 Å². The largest absolute Gasteiger partial charge is 0.486 e. The van der Waals surface area contributed by atoms with Crippen molar-refractivity contribution in [2.75, 3.05) is 31.5 Å². The summed E-state index contributed by atoms with van der Waals surface area (Å²) < 4.78 is 63.1. The number of halogens is 1. The fraction of sp³-hybridized carbons (Fsp3) is 0.321. The first kappa shape index (κ1) is 30.8. The van der Waals surface area contributed by atoms with Gasteiger partial charge in [-0.05, 0) is 55.5 Å². The lowest BCUT2D eigenvalue weighted by molar-refractivity contribution is 0.0389. The van der Waals surface area contributed by atoms with Crippen molar-refractivity contribution >= 4 is 43.2 Å². The second-order valence-corrected chi connectivity index (χ2v) is 14.1. The fourth-order valence-corrected chi connectivity index (χ4v) is 6.88. The summed E-state index contributed by atoms with van der Waals surface area (Å²) in [4.78, 5) is 15.2. The van der Waals surface area contributed by atoms with Crippen LogP contribution in [0.3, 0.4) is 0 Å². The molecule has 0 saturated heterocycles. The highest BCUT2D eigenvalue weighted by molar-refractivity contribution is 7.92. The highest BCUT2D eigenvalue weighted by Gasteiger charge is 2.36. The molecule has 3 atom stereocenters. The number of benzene rings is 3. The van der Waals surface area contributed by atoms with Crippen LogP contribution in [0.5, 0.6) is 5.75 Å². The molecule has 220 valence electrons. The van der Waals surface area contributed by atoms with Crippen LogP contribution in [0.4, 0.5) is 5.69 Å². The smallest absolute Gasteiger partial charge is 0.262 e. The van der Waals surface area contributed by atoms with Crippen molar-refractivity contribution in [1.29, 1.82) is 0 Å². The first-order valence-electron chi connectivity index (χ1n) is 12.9. The van der Waals surface area contributed by atoms with Crippen LogP contribution in [0.1, 0.15) is 24.2 Å². The van der Waals surface area contributed by atoms with Crippen molar-refractivity contribution in [3.63, 3.8) is 0 Å². The molecule has 0 saturated carbocycles. The van der Waals surface area contributed by atoms with E-state index in [1.54, 1.807) is 32.0 Å². The molecule has 0 bridgehead atoms. The third kappa shape index (κ3) is 6.68. The molecule has 0 unspecified atom stereocenters. The van der Waals surface area contributed by atoms with E-state index in [2.05, 4.69) is 4.72 Å². The first-order chi connectivity index (χ1) is 19.3. The van der Waals surface area contributed by atoms with E-state index in [0.717, 1.165) is 4.31 Å². The van der Waals surface area contributed by atoms with E-state index in [1.807, 2.05) is 0 Å². The predicted octanol–water partition coefficient (Wildman–Crippen LogP) is 3.68. The van der Waals surface area contributed by atoms with Crippen LogP contribution in [-0.2, 0) is 20.0 Å². The number of rotatable bonds is 9. The van der Waals surface area contributed by atoms with E-state index in [9.17, 15) is 26.7 Å². The van der Waals surface area contributed by atoms with Crippen LogP contribution in [0, 0.1) is 5.92 Å². The Morgan fingerprint density at radius 2 is 1.68 bits per heavy atom. The second-order valence-electron chi connectivity index (χ2n) is 9.96. The monoisotopic (exact) mass is 621 g/mol. The molecule has 2 N–H and O–H groups in total. The summed E-state index contributed by atoms with van der Waals surface area (Å²) in [6.45, 7) is 3.26. The zero-order chi connectivity index (χ0) is 29.9. The molecule has 0 aromatic heterocycles. The van der Waals surface area contributed by atoms with Crippen molar-refractivity contribution in [3.8, 4) is 5.75 Å². The minimum absolute atomic E-state index is 0.0176. The Kier molecular flexibility index (Phi) is 9.29. The molecule has 3 aromatic carbocycles. The van der Waals surface area contributed by atoms with Crippen LogP contribution >= 0.6 is 11.6 Å². The molecule has 41 heavy (non-hydrogen) atoms. The third-order valence-electron chi connectivity index (χ3n) is 6.95. The number of carbonyl (C=O) groups is 1. The lowest BCUT2D eigenvalue weighted by Gasteiger charge is -2.38. The zero-order valence-corrected chi connectivity index (χ0v) is 25.2. The number of sulfonamides is 2. The Morgan fingerprint density at radius 1 is 1.02 bits per heavy atom. The Hall–Kier alpha value is -3.16. The van der Waals surface area contributed by atoms with Gasteiger partial charge in [0.15, 0.2) is 5.75 Å². The molecule has 13 heteroatoms. The van der Waals surface area contributed by atoms with E-state index in [1.165, 1.54) is 66.5 Å². The molecule has 0 radical (unpaired) electrons. The summed E-state index contributed by atoms with van der Waals surface area (Å²) in [7, 11) is -6.56. The van der Waals surface area contributed by atoms with E-state index in [4.69, 9.17) is 16.3 Å². The predicted molar refractivity (Wildman–Crippen MR) is 156 cm³/mol. The van der Waals surface area contributed by atoms with Gasteiger partial charge in [0.25, 0.3) is 15.9 Å². The average Bonchev–Trinajstić information content (AvgIpc) is 2.95. The quantitative estimate of drug-likeness (QED) is 0.372. The van der Waals surface area contributed by atoms with Gasteiger partial charge in [0.05, 0.1) is 40.2 Å². The van der Waals surface area contributed by atoms with Crippen molar-refractivity contribution in [1.82, 2.24) is 9.21 Å². The van der Waals surface area contributed by atoms with E-state index in [0.29, 0.717) is 5.02 Å². The van der Waals surface area contributed by atoms with Gasteiger partial charge in [-0.1, -0.05) is 42.8 Å². The number of amides is 1. The number of nitrogens with zero attached hydrogens (tertiary/aromatic N) is 2. The number of hydrogen-bond acceptors (Lipinski definition) is 7. The van der Waals surface area contributed by atoms with Crippen molar-refractivity contribution in [2.45, 2.75) is 35.8 Å². The van der Waals surface area contributed by atoms with Crippen LogP contribution in [0.25, 0.3) is 0 Å². The maximum absolute atomic E-state index is 13.7. The van der Waals surface area contributed by atoms with E-state index in [-0.39, 0.29) is 46.5 Å². The molecule has 0 aliphatic carbocycles. The van der Waals surface area contributed by atoms with Gasteiger partial charge in [0.2, 0.25) is 10.0 Å². The summed E-state index contributed by atoms with van der Waals surface area (Å²) in [5, 5.41) is 10.3. The number of hydrogen-bond donors (Lipinski definition) is 2. The molecule has 4 rings (SSSR count). The molecule has 1 aliphatic heterocycles. The fourth-order valence-electron chi connectivity index (χ4n) is 4.48. The number of anilines is 1. The topological polar surface area (TPSA) is 133 Å². The maximum Gasteiger partial charge on any atom is 0.262 e. The lowest BCUT2D eigenvalue weighted by atomic mass is 9.99. The summed E-state index contributed by atoms with van der Waals surface area (Å²) >= 11 is 5.93. The molecule has 0 fully saturated rings. The van der Waals surface area contributed by atoms with Crippen LogP contribution in [0.15, 0.2) is 82.6 Å². The summed E-state index contributed by atoms with van der Waals surface area (Å²) in [5.41, 5.74) is 0.109. The molecular weight excluding hydrogens is 590 g/mol. The van der Waals surface area contributed by atoms with Gasteiger partial charge < -0.3 is 14.7 Å². The second kappa shape index (κ2) is 12.4. The molecule has 1 heterocycles. The number of likely N-dealkylation sites (N-methyl/N-ethyl adjacent to an activating group) is 1. The molecule has 1 aliphatic rings. The Labute approximate surface area is 245 Å². The number of ether oxygens (including phenoxy) is 1. The first-order valence-corrected chi connectivity index (χ1v) is 16.2. The lowest BCUT2D eigenvalue weighted by Crippen LogP contribution is -2.50. The zero-order valence-electron chi connectivity index (χ0n) is 22.8. The Morgan fingerprint density at radius 3 is 2.32 bits per heavy atom. The van der Waals surface area contributed by atoms with Gasteiger partial charge in [0, 0.05) is 24.5 Å². The Bertz CT molecular complexity index is 1600. The summed E-state index contributed by atoms with van der Waals surface area (Å²) in [5.74, 6) is -0.890. The number of nitrogens with one attached hydrogen (secondary N) is 1. The third-order valence-corrected chi connectivity index (χ3v) is 10.4. The molecule has 0 spiro atoms. The highest BCUT2D eigenvalue weighted by atomic mass is 35.5. The van der Waals surface area contributed by atoms with Gasteiger partial charge >= 0.3 is 0 Å². The molecule has 1 amide bonds. The van der Waals surface area contributed by atoms with E-state index >= 15 is 0 Å².